The van der Waals surface area contributed by atoms with E-state index in [0.717, 1.165) is 0 Å². The van der Waals surface area contributed by atoms with E-state index in [1.54, 1.807) is 0 Å². The topological polar surface area (TPSA) is 92.2 Å². The highest BCUT2D eigenvalue weighted by molar-refractivity contribution is 5.97. The van der Waals surface area contributed by atoms with Crippen molar-refractivity contribution in [3.05, 3.63) is 18.1 Å². The van der Waals surface area contributed by atoms with Crippen LogP contribution in [0.5, 0.6) is 0 Å². The molecule has 0 bridgehead atoms. The fraction of sp³-hybridized carbons (Fsp3) is 0.538. The molecule has 1 amide bonds. The lowest BCUT2D eigenvalue weighted by Crippen LogP contribution is -2.25. The molecule has 1 heterocycles. The molecule has 0 aromatic carbocycles. The Kier molecular flexibility index (Phi) is 4.58. The number of carboxylic acids is 1. The van der Waals surface area contributed by atoms with Gasteiger partial charge in [0.05, 0.1) is 0 Å². The van der Waals surface area contributed by atoms with E-state index in [9.17, 15) is 9.59 Å². The van der Waals surface area contributed by atoms with Gasteiger partial charge in [-0.05, 0) is 11.3 Å². The minimum absolute atomic E-state index is 0.00926. The van der Waals surface area contributed by atoms with E-state index < -0.39 is 5.97 Å². The summed E-state index contributed by atoms with van der Waals surface area (Å²) in [6.07, 6.45) is 2.92. The van der Waals surface area contributed by atoms with Gasteiger partial charge in [-0.15, -0.1) is 0 Å². The Labute approximate surface area is 112 Å². The van der Waals surface area contributed by atoms with Gasteiger partial charge in [0.25, 0.3) is 0 Å². The molecule has 1 aromatic heterocycles. The third-order valence-electron chi connectivity index (χ3n) is 3.13. The van der Waals surface area contributed by atoms with Crippen LogP contribution in [0.3, 0.4) is 0 Å². The molecule has 0 radical (unpaired) electrons. The van der Waals surface area contributed by atoms with Crippen LogP contribution < -0.4 is 5.32 Å². The van der Waals surface area contributed by atoms with Crippen molar-refractivity contribution >= 4 is 17.7 Å². The molecule has 1 aromatic rings. The molecular formula is C13H19N3O3. The fourth-order valence-electron chi connectivity index (χ4n) is 1.35. The molecule has 0 aliphatic carbocycles. The Morgan fingerprint density at radius 2 is 1.89 bits per heavy atom. The zero-order valence-electron chi connectivity index (χ0n) is 11.6. The van der Waals surface area contributed by atoms with E-state index in [4.69, 9.17) is 5.11 Å². The van der Waals surface area contributed by atoms with E-state index in [0.29, 0.717) is 6.42 Å². The molecule has 0 aliphatic heterocycles. The summed E-state index contributed by atoms with van der Waals surface area (Å²) in [5, 5.41) is 11.4. The van der Waals surface area contributed by atoms with E-state index >= 15 is 0 Å². The van der Waals surface area contributed by atoms with Gasteiger partial charge in [0.1, 0.15) is 0 Å². The molecule has 2 N–H and O–H groups in total. The first-order valence-electron chi connectivity index (χ1n) is 6.06. The summed E-state index contributed by atoms with van der Waals surface area (Å²) >= 11 is 0. The second-order valence-electron chi connectivity index (χ2n) is 5.58. The number of aromatic carboxylic acids is 1. The van der Waals surface area contributed by atoms with E-state index in [-0.39, 0.29) is 28.8 Å². The Balaban J connectivity index is 2.76. The molecule has 1 atom stereocenters. The molecule has 1 unspecified atom stereocenters. The third-order valence-corrected chi connectivity index (χ3v) is 3.13. The van der Waals surface area contributed by atoms with Crippen molar-refractivity contribution in [1.82, 2.24) is 9.97 Å². The van der Waals surface area contributed by atoms with Crippen molar-refractivity contribution < 1.29 is 14.7 Å². The van der Waals surface area contributed by atoms with E-state index in [1.165, 1.54) is 12.4 Å². The molecule has 0 saturated carbocycles. The number of carbonyl (C=O) groups is 2. The van der Waals surface area contributed by atoms with Gasteiger partial charge in [0, 0.05) is 18.8 Å². The number of rotatable bonds is 4. The Bertz CT molecular complexity index is 480. The molecule has 104 valence electrons. The van der Waals surface area contributed by atoms with Crippen molar-refractivity contribution in [2.45, 2.75) is 34.1 Å². The van der Waals surface area contributed by atoms with Crippen LogP contribution in [-0.4, -0.2) is 27.0 Å². The predicted molar refractivity (Wildman–Crippen MR) is 70.9 cm³/mol. The first-order valence-corrected chi connectivity index (χ1v) is 6.06. The minimum atomic E-state index is -1.22. The molecule has 0 fully saturated rings. The van der Waals surface area contributed by atoms with Gasteiger partial charge in [-0.25, -0.2) is 14.8 Å². The van der Waals surface area contributed by atoms with Crippen molar-refractivity contribution in [3.8, 4) is 0 Å². The van der Waals surface area contributed by atoms with Gasteiger partial charge in [0.15, 0.2) is 11.5 Å². The molecule has 19 heavy (non-hydrogen) atoms. The number of aromatic nitrogens is 2. The number of carboxylic acid groups (broad SMARTS) is 1. The van der Waals surface area contributed by atoms with E-state index in [1.807, 2.05) is 6.92 Å². The third kappa shape index (κ3) is 4.31. The number of hydrogen-bond acceptors (Lipinski definition) is 4. The summed E-state index contributed by atoms with van der Waals surface area (Å²) in [6.45, 7) is 8.14. The summed E-state index contributed by atoms with van der Waals surface area (Å²) in [4.78, 5) is 30.3. The van der Waals surface area contributed by atoms with Gasteiger partial charge in [-0.3, -0.25) is 4.79 Å². The molecular weight excluding hydrogens is 246 g/mol. The van der Waals surface area contributed by atoms with Crippen LogP contribution in [0.4, 0.5) is 5.82 Å². The molecule has 6 heteroatoms. The average molecular weight is 265 g/mol. The lowest BCUT2D eigenvalue weighted by molar-refractivity contribution is -0.117. The average Bonchev–Trinajstić information content (AvgIpc) is 2.27. The van der Waals surface area contributed by atoms with E-state index in [2.05, 4.69) is 36.1 Å². The Hall–Kier alpha value is -1.98. The van der Waals surface area contributed by atoms with Crippen molar-refractivity contribution in [1.29, 1.82) is 0 Å². The highest BCUT2D eigenvalue weighted by atomic mass is 16.4. The lowest BCUT2D eigenvalue weighted by atomic mass is 9.80. The van der Waals surface area contributed by atoms with Gasteiger partial charge in [-0.2, -0.15) is 0 Å². The number of amides is 1. The highest BCUT2D eigenvalue weighted by Crippen LogP contribution is 2.28. The fourth-order valence-corrected chi connectivity index (χ4v) is 1.35. The predicted octanol–water partition coefficient (Wildman–Crippen LogP) is 2.19. The molecule has 1 rings (SSSR count). The summed E-state index contributed by atoms with van der Waals surface area (Å²) in [5.41, 5.74) is -0.241. The molecule has 6 nitrogen and oxygen atoms in total. The van der Waals surface area contributed by atoms with Crippen molar-refractivity contribution in [2.24, 2.45) is 11.3 Å². The SMILES string of the molecule is CC(CC(=O)Nc1nccnc1C(=O)O)C(C)(C)C. The molecule has 0 spiro atoms. The van der Waals surface area contributed by atoms with Crippen LogP contribution >= 0.6 is 0 Å². The number of anilines is 1. The largest absolute Gasteiger partial charge is 0.476 e. The minimum Gasteiger partial charge on any atom is -0.476 e. The number of carbonyl (C=O) groups excluding carboxylic acids is 1. The Morgan fingerprint density at radius 3 is 2.42 bits per heavy atom. The smallest absolute Gasteiger partial charge is 0.358 e. The number of hydrogen-bond donors (Lipinski definition) is 2. The standard InChI is InChI=1S/C13H19N3O3/c1-8(13(2,3)4)7-9(17)16-11-10(12(18)19)14-5-6-15-11/h5-6,8H,7H2,1-4H3,(H,18,19)(H,15,16,17). The zero-order valence-corrected chi connectivity index (χ0v) is 11.6. The number of nitrogens with zero attached hydrogens (tertiary/aromatic N) is 2. The van der Waals surface area contributed by atoms with Crippen molar-refractivity contribution in [2.75, 3.05) is 5.32 Å². The second-order valence-corrected chi connectivity index (χ2v) is 5.58. The van der Waals surface area contributed by atoms with Crippen LogP contribution in [0, 0.1) is 11.3 Å². The second kappa shape index (κ2) is 5.77. The maximum absolute atomic E-state index is 11.9. The van der Waals surface area contributed by atoms with Crippen LogP contribution in [0.2, 0.25) is 0 Å². The first kappa shape index (κ1) is 15.1. The van der Waals surface area contributed by atoms with Crippen LogP contribution in [0.25, 0.3) is 0 Å². The maximum atomic E-state index is 11.9. The quantitative estimate of drug-likeness (QED) is 0.870. The van der Waals surface area contributed by atoms with Crippen LogP contribution in [0.1, 0.15) is 44.6 Å². The summed E-state index contributed by atoms with van der Waals surface area (Å²) in [6, 6.07) is 0. The maximum Gasteiger partial charge on any atom is 0.358 e. The van der Waals surface area contributed by atoms with Gasteiger partial charge >= 0.3 is 5.97 Å². The number of nitrogens with one attached hydrogen (secondary N) is 1. The van der Waals surface area contributed by atoms with Crippen LogP contribution in [0.15, 0.2) is 12.4 Å². The monoisotopic (exact) mass is 265 g/mol. The first-order chi connectivity index (χ1) is 8.71. The lowest BCUT2D eigenvalue weighted by Gasteiger charge is -2.26. The molecule has 0 aliphatic rings. The summed E-state index contributed by atoms with van der Waals surface area (Å²) < 4.78 is 0. The van der Waals surface area contributed by atoms with Crippen LogP contribution in [-0.2, 0) is 4.79 Å². The molecule has 0 saturated heterocycles. The Morgan fingerprint density at radius 1 is 1.32 bits per heavy atom. The van der Waals surface area contributed by atoms with Gasteiger partial charge in [-0.1, -0.05) is 27.7 Å². The highest BCUT2D eigenvalue weighted by Gasteiger charge is 2.23. The normalized spacial score (nSPS) is 12.8. The summed E-state index contributed by atoms with van der Waals surface area (Å²) in [7, 11) is 0. The summed E-state index contributed by atoms with van der Waals surface area (Å²) in [5.74, 6) is -1.32. The van der Waals surface area contributed by atoms with Gasteiger partial charge < -0.3 is 10.4 Å². The van der Waals surface area contributed by atoms with Crippen molar-refractivity contribution in [3.63, 3.8) is 0 Å². The zero-order chi connectivity index (χ0) is 14.6. The van der Waals surface area contributed by atoms with Gasteiger partial charge in [0.2, 0.25) is 5.91 Å².